The van der Waals surface area contributed by atoms with E-state index in [0.29, 0.717) is 10.8 Å². The summed E-state index contributed by atoms with van der Waals surface area (Å²) in [6.45, 7) is 2.43. The molecule has 0 saturated heterocycles. The quantitative estimate of drug-likeness (QED) is 0.470. The zero-order valence-electron chi connectivity index (χ0n) is 14.6. The molecule has 0 aliphatic rings. The van der Waals surface area contributed by atoms with Crippen molar-refractivity contribution < 1.29 is 19.4 Å². The standard InChI is InChI=1S/C19H29ClO4/c1-2-3-4-5-6-7-8-9-16-10-11-18(17(20)14-16)24-13-12-23-15-19(21)22/h10-11,14H,2-9,12-13,15H2,1H3,(H,21,22). The summed E-state index contributed by atoms with van der Waals surface area (Å²) in [4.78, 5) is 10.3. The summed E-state index contributed by atoms with van der Waals surface area (Å²) < 4.78 is 10.4. The number of hydrogen-bond acceptors (Lipinski definition) is 3. The van der Waals surface area contributed by atoms with Crippen LogP contribution < -0.4 is 4.74 Å². The first kappa shape index (κ1) is 20.8. The van der Waals surface area contributed by atoms with Gasteiger partial charge in [-0.25, -0.2) is 4.79 Å². The van der Waals surface area contributed by atoms with E-state index in [4.69, 9.17) is 26.2 Å². The molecule has 0 atom stereocenters. The predicted octanol–water partition coefficient (Wildman–Crippen LogP) is 5.11. The number of carbonyl (C=O) groups is 1. The molecule has 0 aliphatic heterocycles. The number of carboxylic acids is 1. The van der Waals surface area contributed by atoms with E-state index < -0.39 is 5.97 Å². The highest BCUT2D eigenvalue weighted by molar-refractivity contribution is 6.32. The summed E-state index contributed by atoms with van der Waals surface area (Å²) >= 11 is 6.23. The third kappa shape index (κ3) is 9.78. The van der Waals surface area contributed by atoms with Gasteiger partial charge in [-0.1, -0.05) is 63.1 Å². The zero-order valence-corrected chi connectivity index (χ0v) is 15.3. The summed E-state index contributed by atoms with van der Waals surface area (Å²) in [5.41, 5.74) is 1.23. The number of rotatable bonds is 14. The highest BCUT2D eigenvalue weighted by atomic mass is 35.5. The van der Waals surface area contributed by atoms with Gasteiger partial charge < -0.3 is 14.6 Å². The average molecular weight is 357 g/mol. The second kappa shape index (κ2) is 13.1. The lowest BCUT2D eigenvalue weighted by Crippen LogP contribution is -2.12. The molecule has 0 aliphatic carbocycles. The number of hydrogen-bond donors (Lipinski definition) is 1. The first-order valence-corrected chi connectivity index (χ1v) is 9.22. The number of benzene rings is 1. The Morgan fingerprint density at radius 1 is 1.08 bits per heavy atom. The lowest BCUT2D eigenvalue weighted by molar-refractivity contribution is -0.142. The number of unbranched alkanes of at least 4 members (excludes halogenated alkanes) is 6. The zero-order chi connectivity index (χ0) is 17.6. The lowest BCUT2D eigenvalue weighted by Gasteiger charge is -2.09. The van der Waals surface area contributed by atoms with E-state index in [-0.39, 0.29) is 19.8 Å². The van der Waals surface area contributed by atoms with E-state index in [1.54, 1.807) is 0 Å². The van der Waals surface area contributed by atoms with Crippen molar-refractivity contribution in [1.82, 2.24) is 0 Å². The molecule has 136 valence electrons. The van der Waals surface area contributed by atoms with Crippen molar-refractivity contribution in [2.24, 2.45) is 0 Å². The van der Waals surface area contributed by atoms with Crippen molar-refractivity contribution in [3.63, 3.8) is 0 Å². The van der Waals surface area contributed by atoms with Crippen LogP contribution in [-0.2, 0) is 16.0 Å². The van der Waals surface area contributed by atoms with Crippen molar-refractivity contribution in [2.45, 2.75) is 58.3 Å². The van der Waals surface area contributed by atoms with Crippen LogP contribution in [0.1, 0.15) is 57.4 Å². The largest absolute Gasteiger partial charge is 0.490 e. The average Bonchev–Trinajstić information content (AvgIpc) is 2.55. The van der Waals surface area contributed by atoms with Crippen LogP contribution in [0.2, 0.25) is 5.02 Å². The molecule has 0 fully saturated rings. The van der Waals surface area contributed by atoms with Gasteiger partial charge in [0.2, 0.25) is 0 Å². The Labute approximate surface area is 150 Å². The Hall–Kier alpha value is -1.26. The van der Waals surface area contributed by atoms with Gasteiger partial charge in [0.05, 0.1) is 11.6 Å². The normalized spacial score (nSPS) is 10.8. The van der Waals surface area contributed by atoms with Gasteiger partial charge in [0.15, 0.2) is 0 Å². The highest BCUT2D eigenvalue weighted by Gasteiger charge is 2.04. The van der Waals surface area contributed by atoms with E-state index in [1.807, 2.05) is 18.2 Å². The van der Waals surface area contributed by atoms with E-state index >= 15 is 0 Å². The molecule has 0 radical (unpaired) electrons. The number of aryl methyl sites for hydroxylation is 1. The first-order chi connectivity index (χ1) is 11.6. The fourth-order valence-electron chi connectivity index (χ4n) is 2.47. The molecular formula is C19H29ClO4. The van der Waals surface area contributed by atoms with Gasteiger partial charge in [-0.3, -0.25) is 0 Å². The van der Waals surface area contributed by atoms with E-state index in [9.17, 15) is 4.79 Å². The summed E-state index contributed by atoms with van der Waals surface area (Å²) in [6.07, 6.45) is 10.1. The first-order valence-electron chi connectivity index (χ1n) is 8.84. The lowest BCUT2D eigenvalue weighted by atomic mass is 10.0. The minimum atomic E-state index is -0.984. The van der Waals surface area contributed by atoms with Gasteiger partial charge in [0, 0.05) is 0 Å². The fraction of sp³-hybridized carbons (Fsp3) is 0.632. The fourth-order valence-corrected chi connectivity index (χ4v) is 2.73. The van der Waals surface area contributed by atoms with Crippen molar-refractivity contribution in [3.8, 4) is 5.75 Å². The molecule has 0 amide bonds. The van der Waals surface area contributed by atoms with Crippen molar-refractivity contribution in [3.05, 3.63) is 28.8 Å². The summed E-state index contributed by atoms with van der Waals surface area (Å²) in [7, 11) is 0. The second-order valence-electron chi connectivity index (χ2n) is 5.93. The molecule has 0 saturated carbocycles. The predicted molar refractivity (Wildman–Crippen MR) is 97.1 cm³/mol. The topological polar surface area (TPSA) is 55.8 Å². The van der Waals surface area contributed by atoms with Gasteiger partial charge in [-0.15, -0.1) is 0 Å². The maximum atomic E-state index is 10.3. The second-order valence-corrected chi connectivity index (χ2v) is 6.34. The number of carboxylic acid groups (broad SMARTS) is 1. The third-order valence-electron chi connectivity index (χ3n) is 3.78. The van der Waals surface area contributed by atoms with E-state index in [0.717, 1.165) is 6.42 Å². The van der Waals surface area contributed by atoms with Gasteiger partial charge in [0.25, 0.3) is 0 Å². The van der Waals surface area contributed by atoms with Gasteiger partial charge in [0.1, 0.15) is 19.0 Å². The van der Waals surface area contributed by atoms with Crippen LogP contribution in [0, 0.1) is 0 Å². The Morgan fingerprint density at radius 2 is 1.79 bits per heavy atom. The van der Waals surface area contributed by atoms with E-state index in [1.165, 1.54) is 50.5 Å². The molecule has 0 unspecified atom stereocenters. The molecule has 1 rings (SSSR count). The summed E-state index contributed by atoms with van der Waals surface area (Å²) in [5, 5.41) is 9.05. The van der Waals surface area contributed by atoms with Crippen LogP contribution in [0.4, 0.5) is 0 Å². The van der Waals surface area contributed by atoms with Crippen LogP contribution in [0.5, 0.6) is 5.75 Å². The molecule has 0 bridgehead atoms. The smallest absolute Gasteiger partial charge is 0.329 e. The number of halogens is 1. The number of aliphatic carboxylic acids is 1. The highest BCUT2D eigenvalue weighted by Crippen LogP contribution is 2.26. The maximum Gasteiger partial charge on any atom is 0.329 e. The molecule has 24 heavy (non-hydrogen) atoms. The molecule has 0 spiro atoms. The monoisotopic (exact) mass is 356 g/mol. The minimum absolute atomic E-state index is 0.225. The summed E-state index contributed by atoms with van der Waals surface area (Å²) in [5.74, 6) is -0.373. The van der Waals surface area contributed by atoms with Crippen molar-refractivity contribution in [1.29, 1.82) is 0 Å². The van der Waals surface area contributed by atoms with Gasteiger partial charge in [-0.2, -0.15) is 0 Å². The van der Waals surface area contributed by atoms with Crippen LogP contribution in [0.3, 0.4) is 0 Å². The molecule has 1 N–H and O–H groups in total. The maximum absolute atomic E-state index is 10.3. The van der Waals surface area contributed by atoms with Gasteiger partial charge in [-0.05, 0) is 30.5 Å². The van der Waals surface area contributed by atoms with Crippen LogP contribution >= 0.6 is 11.6 Å². The van der Waals surface area contributed by atoms with Crippen LogP contribution in [0.25, 0.3) is 0 Å². The molecule has 4 nitrogen and oxygen atoms in total. The van der Waals surface area contributed by atoms with Crippen LogP contribution in [0.15, 0.2) is 18.2 Å². The van der Waals surface area contributed by atoms with Crippen molar-refractivity contribution in [2.75, 3.05) is 19.8 Å². The Kier molecular flexibility index (Phi) is 11.3. The van der Waals surface area contributed by atoms with Crippen molar-refractivity contribution >= 4 is 17.6 Å². The van der Waals surface area contributed by atoms with E-state index in [2.05, 4.69) is 6.92 Å². The Balaban J connectivity index is 2.20. The molecule has 0 heterocycles. The summed E-state index contributed by atoms with van der Waals surface area (Å²) in [6, 6.07) is 5.86. The molecule has 1 aromatic rings. The molecule has 5 heteroatoms. The van der Waals surface area contributed by atoms with Gasteiger partial charge >= 0.3 is 5.97 Å². The molecular weight excluding hydrogens is 328 g/mol. The van der Waals surface area contributed by atoms with Crippen LogP contribution in [-0.4, -0.2) is 30.9 Å². The third-order valence-corrected chi connectivity index (χ3v) is 4.07. The minimum Gasteiger partial charge on any atom is -0.490 e. The SMILES string of the molecule is CCCCCCCCCc1ccc(OCCOCC(=O)O)c(Cl)c1. The Morgan fingerprint density at radius 3 is 2.46 bits per heavy atom. The number of ether oxygens (including phenoxy) is 2. The molecule has 0 aromatic heterocycles. The molecule has 1 aromatic carbocycles. The Bertz CT molecular complexity index is 476.